The van der Waals surface area contributed by atoms with Gasteiger partial charge in [-0.1, -0.05) is 62.7 Å². The molecule has 1 N–H and O–H groups in total. The van der Waals surface area contributed by atoms with Crippen LogP contribution in [0.3, 0.4) is 0 Å². The molecule has 3 aromatic carbocycles. The van der Waals surface area contributed by atoms with Gasteiger partial charge in [-0.05, 0) is 66.4 Å². The summed E-state index contributed by atoms with van der Waals surface area (Å²) in [5.74, 6) is 0.136. The molecule has 0 amide bonds. The Bertz CT molecular complexity index is 1440. The molecular weight excluding hydrogens is 468 g/mol. The number of rotatable bonds is 8. The molecule has 0 spiro atoms. The molecule has 0 radical (unpaired) electrons. The largest absolute Gasteiger partial charge is 0.354 e. The van der Waals surface area contributed by atoms with E-state index in [1.807, 2.05) is 69.3 Å². The molecule has 0 bridgehead atoms. The lowest BCUT2D eigenvalue weighted by atomic mass is 9.87. The highest BCUT2D eigenvalue weighted by atomic mass is 35.5. The number of carbonyl (C=O) groups is 2. The van der Waals surface area contributed by atoms with Crippen LogP contribution in [-0.4, -0.2) is 16.6 Å². The molecule has 36 heavy (non-hydrogen) atoms. The second kappa shape index (κ2) is 10.6. The number of halogens is 1. The number of Topliss-reactive ketones (excluding diaryl/α,β-unsaturated/α-hetero) is 2. The summed E-state index contributed by atoms with van der Waals surface area (Å²) in [6.45, 7) is 7.83. The summed E-state index contributed by atoms with van der Waals surface area (Å²) >= 11 is 6.43. The Morgan fingerprint density at radius 2 is 1.75 bits per heavy atom. The number of hydrogen-bond acceptors (Lipinski definition) is 4. The number of carbonyl (C=O) groups excluding carboxylic acids is 2. The summed E-state index contributed by atoms with van der Waals surface area (Å²) in [7, 11) is 0. The summed E-state index contributed by atoms with van der Waals surface area (Å²) in [5, 5.41) is 4.80. The molecule has 184 valence electrons. The Balaban J connectivity index is 1.57. The third-order valence-corrected chi connectivity index (χ3v) is 6.65. The molecule has 4 aromatic rings. The number of para-hydroxylation sites is 1. The van der Waals surface area contributed by atoms with Crippen molar-refractivity contribution in [2.45, 2.75) is 47.0 Å². The highest BCUT2D eigenvalue weighted by molar-refractivity contribution is 6.34. The van der Waals surface area contributed by atoms with Gasteiger partial charge in [0.05, 0.1) is 16.2 Å². The van der Waals surface area contributed by atoms with Crippen LogP contribution in [0.1, 0.15) is 54.2 Å². The van der Waals surface area contributed by atoms with Gasteiger partial charge < -0.3 is 5.32 Å². The van der Waals surface area contributed by atoms with E-state index < -0.39 is 0 Å². The zero-order valence-electron chi connectivity index (χ0n) is 21.2. The Kier molecular flexibility index (Phi) is 7.56. The van der Waals surface area contributed by atoms with E-state index in [-0.39, 0.29) is 23.4 Å². The van der Waals surface area contributed by atoms with Crippen molar-refractivity contribution >= 4 is 45.4 Å². The summed E-state index contributed by atoms with van der Waals surface area (Å²) in [4.78, 5) is 30.3. The number of fused-ring (bicyclic) bond motifs is 1. The molecule has 0 unspecified atom stereocenters. The number of benzene rings is 3. The Morgan fingerprint density at radius 1 is 0.972 bits per heavy atom. The molecule has 1 heterocycles. The van der Waals surface area contributed by atoms with Gasteiger partial charge in [0, 0.05) is 41.1 Å². The zero-order valence-corrected chi connectivity index (χ0v) is 21.9. The maximum absolute atomic E-state index is 13.4. The van der Waals surface area contributed by atoms with E-state index in [9.17, 15) is 9.59 Å². The minimum atomic E-state index is -0.374. The predicted molar refractivity (Wildman–Crippen MR) is 148 cm³/mol. The van der Waals surface area contributed by atoms with Crippen molar-refractivity contribution < 1.29 is 9.59 Å². The van der Waals surface area contributed by atoms with Gasteiger partial charge in [-0.15, -0.1) is 0 Å². The van der Waals surface area contributed by atoms with E-state index in [4.69, 9.17) is 11.6 Å². The number of hydrogen-bond donors (Lipinski definition) is 1. The van der Waals surface area contributed by atoms with Crippen LogP contribution in [0.5, 0.6) is 0 Å². The molecule has 4 rings (SSSR count). The van der Waals surface area contributed by atoms with Gasteiger partial charge in [-0.2, -0.15) is 0 Å². The lowest BCUT2D eigenvalue weighted by Gasteiger charge is -2.16. The van der Waals surface area contributed by atoms with Gasteiger partial charge in [-0.3, -0.25) is 14.6 Å². The van der Waals surface area contributed by atoms with E-state index in [1.54, 1.807) is 12.3 Å². The van der Waals surface area contributed by atoms with Gasteiger partial charge in [0.1, 0.15) is 5.78 Å². The van der Waals surface area contributed by atoms with Gasteiger partial charge in [0.15, 0.2) is 5.78 Å². The van der Waals surface area contributed by atoms with Crippen LogP contribution in [0.4, 0.5) is 11.4 Å². The minimum absolute atomic E-state index is 0.0615. The monoisotopic (exact) mass is 498 g/mol. The van der Waals surface area contributed by atoms with Crippen molar-refractivity contribution in [2.75, 3.05) is 5.32 Å². The fourth-order valence-corrected chi connectivity index (χ4v) is 4.43. The topological polar surface area (TPSA) is 59.1 Å². The van der Waals surface area contributed by atoms with Crippen LogP contribution in [0.25, 0.3) is 10.9 Å². The first-order valence-electron chi connectivity index (χ1n) is 12.2. The Labute approximate surface area is 217 Å². The molecular formula is C31H31ClN2O2. The molecule has 5 heteroatoms. The van der Waals surface area contributed by atoms with Crippen LogP contribution in [0.15, 0.2) is 72.9 Å². The molecule has 0 fully saturated rings. The maximum Gasteiger partial charge on any atom is 0.168 e. The van der Waals surface area contributed by atoms with E-state index >= 15 is 0 Å². The standard InChI is InChI=1S/C31H31ClN2O2/c1-20-7-5-8-23(17-20)34-27-10-6-9-24-22(15-16-33-30(24)27)19-28(35)25-18-21(11-13-26(25)32)12-14-29(36)31(2,3)4/h5-11,13,15-18,34H,12,14,19H2,1-4H3. The van der Waals surface area contributed by atoms with Gasteiger partial charge in [-0.25, -0.2) is 0 Å². The maximum atomic E-state index is 13.4. The second-order valence-corrected chi connectivity index (χ2v) is 10.7. The number of aromatic nitrogens is 1. The second-order valence-electron chi connectivity index (χ2n) is 10.3. The normalized spacial score (nSPS) is 11.5. The van der Waals surface area contributed by atoms with Crippen LogP contribution in [-0.2, 0) is 17.6 Å². The lowest BCUT2D eigenvalue weighted by Crippen LogP contribution is -2.20. The molecule has 0 aliphatic rings. The average Bonchev–Trinajstić information content (AvgIpc) is 2.83. The Hall–Kier alpha value is -3.50. The van der Waals surface area contributed by atoms with Crippen molar-refractivity contribution in [1.29, 1.82) is 0 Å². The molecule has 1 aromatic heterocycles. The van der Waals surface area contributed by atoms with Crippen molar-refractivity contribution in [3.8, 4) is 0 Å². The zero-order chi connectivity index (χ0) is 25.9. The number of pyridine rings is 1. The molecule has 4 nitrogen and oxygen atoms in total. The molecule has 0 atom stereocenters. The van der Waals surface area contributed by atoms with Crippen LogP contribution in [0.2, 0.25) is 5.02 Å². The van der Waals surface area contributed by atoms with Crippen molar-refractivity contribution in [2.24, 2.45) is 5.41 Å². The summed E-state index contributed by atoms with van der Waals surface area (Å²) in [5.41, 5.74) is 5.78. The SMILES string of the molecule is Cc1cccc(Nc2cccc3c(CC(=O)c4cc(CCC(=O)C(C)(C)C)ccc4Cl)ccnc23)c1. The number of ketones is 2. The van der Waals surface area contributed by atoms with Crippen molar-refractivity contribution in [3.05, 3.63) is 100 Å². The van der Waals surface area contributed by atoms with E-state index in [0.29, 0.717) is 23.4 Å². The van der Waals surface area contributed by atoms with Crippen molar-refractivity contribution in [3.63, 3.8) is 0 Å². The molecule has 0 aliphatic carbocycles. The third-order valence-electron chi connectivity index (χ3n) is 6.32. The van der Waals surface area contributed by atoms with Gasteiger partial charge in [0.25, 0.3) is 0 Å². The molecule has 0 aliphatic heterocycles. The highest BCUT2D eigenvalue weighted by Crippen LogP contribution is 2.29. The van der Waals surface area contributed by atoms with Crippen LogP contribution in [0, 0.1) is 12.3 Å². The van der Waals surface area contributed by atoms with E-state index in [1.165, 1.54) is 5.56 Å². The average molecular weight is 499 g/mol. The lowest BCUT2D eigenvalue weighted by molar-refractivity contribution is -0.126. The number of anilines is 2. The van der Waals surface area contributed by atoms with E-state index in [0.717, 1.165) is 33.4 Å². The fourth-order valence-electron chi connectivity index (χ4n) is 4.21. The number of aryl methyl sites for hydroxylation is 2. The first-order valence-corrected chi connectivity index (χ1v) is 12.5. The summed E-state index contributed by atoms with van der Waals surface area (Å²) < 4.78 is 0. The molecule has 0 saturated carbocycles. The van der Waals surface area contributed by atoms with Crippen LogP contribution < -0.4 is 5.32 Å². The highest BCUT2D eigenvalue weighted by Gasteiger charge is 2.21. The first-order chi connectivity index (χ1) is 17.1. The van der Waals surface area contributed by atoms with E-state index in [2.05, 4.69) is 29.4 Å². The summed E-state index contributed by atoms with van der Waals surface area (Å²) in [6, 6.07) is 21.5. The summed E-state index contributed by atoms with van der Waals surface area (Å²) in [6.07, 6.45) is 2.96. The van der Waals surface area contributed by atoms with Gasteiger partial charge >= 0.3 is 0 Å². The number of nitrogens with zero attached hydrogens (tertiary/aromatic N) is 1. The smallest absolute Gasteiger partial charge is 0.168 e. The van der Waals surface area contributed by atoms with Crippen LogP contribution >= 0.6 is 11.6 Å². The molecule has 0 saturated heterocycles. The first kappa shape index (κ1) is 25.6. The van der Waals surface area contributed by atoms with Crippen molar-refractivity contribution in [1.82, 2.24) is 4.98 Å². The Morgan fingerprint density at radius 3 is 2.50 bits per heavy atom. The number of nitrogens with one attached hydrogen (secondary N) is 1. The minimum Gasteiger partial charge on any atom is -0.354 e. The quantitative estimate of drug-likeness (QED) is 0.251. The van der Waals surface area contributed by atoms with Gasteiger partial charge in [0.2, 0.25) is 0 Å². The predicted octanol–water partition coefficient (Wildman–Crippen LogP) is 7.91. The third kappa shape index (κ3) is 6.00. The fraction of sp³-hybridized carbons (Fsp3) is 0.258.